The Kier molecular flexibility index (Phi) is 5.82. The highest BCUT2D eigenvalue weighted by Gasteiger charge is 2.25. The first kappa shape index (κ1) is 25.7. The fourth-order valence-electron chi connectivity index (χ4n) is 7.35. The fourth-order valence-corrected chi connectivity index (χ4v) is 7.35. The summed E-state index contributed by atoms with van der Waals surface area (Å²) in [4.78, 5) is 4.52. The van der Waals surface area contributed by atoms with Crippen LogP contribution in [0.15, 0.2) is 158 Å². The lowest BCUT2D eigenvalue weighted by atomic mass is 9.94. The third kappa shape index (κ3) is 4.07. The molecule has 1 unspecified atom stereocenters. The molecule has 6 aromatic carbocycles. The normalized spacial score (nSPS) is 13.7. The maximum atomic E-state index is 4.52. The lowest BCUT2D eigenvalue weighted by Crippen LogP contribution is -1.96. The van der Waals surface area contributed by atoms with Gasteiger partial charge in [0.15, 0.2) is 0 Å². The van der Waals surface area contributed by atoms with Crippen LogP contribution in [0.1, 0.15) is 24.0 Å². The van der Waals surface area contributed by atoms with E-state index in [9.17, 15) is 0 Å². The van der Waals surface area contributed by atoms with Gasteiger partial charge in [0.1, 0.15) is 0 Å². The van der Waals surface area contributed by atoms with Crippen LogP contribution in [0.3, 0.4) is 0 Å². The summed E-state index contributed by atoms with van der Waals surface area (Å²) in [6, 6.07) is 53.2. The molecule has 0 aliphatic heterocycles. The van der Waals surface area contributed by atoms with Crippen molar-refractivity contribution >= 4 is 21.8 Å². The van der Waals surface area contributed by atoms with E-state index in [1.807, 2.05) is 18.5 Å². The van der Waals surface area contributed by atoms with Gasteiger partial charge in [-0.3, -0.25) is 4.98 Å². The minimum Gasteiger partial charge on any atom is -0.307 e. The predicted molar refractivity (Wildman–Crippen MR) is 188 cm³/mol. The average Bonchev–Trinajstić information content (AvgIpc) is 3.60. The van der Waals surface area contributed by atoms with Gasteiger partial charge in [0, 0.05) is 28.5 Å². The first-order valence-electron chi connectivity index (χ1n) is 15.6. The Morgan fingerprint density at radius 2 is 1.16 bits per heavy atom. The summed E-state index contributed by atoms with van der Waals surface area (Å²) in [6.45, 7) is 2.32. The summed E-state index contributed by atoms with van der Waals surface area (Å²) in [7, 11) is 0. The van der Waals surface area contributed by atoms with Gasteiger partial charge in [-0.1, -0.05) is 110 Å². The standard InChI is InChI=1S/C43H30N2/c1-28-35-16-8-9-17-37(35)39-23-31(18-20-36(28)39)32-19-21-42-40(24-32)41-26-33(29-11-4-2-5-12-29)25-38(30-13-6-3-7-14-30)43(41)45(42)34-15-10-22-44-27-34/h2-28H,1H3. The molecule has 212 valence electrons. The molecule has 0 amide bonds. The van der Waals surface area contributed by atoms with Gasteiger partial charge in [0.25, 0.3) is 0 Å². The van der Waals surface area contributed by atoms with Crippen molar-refractivity contribution in [3.63, 3.8) is 0 Å². The second-order valence-corrected chi connectivity index (χ2v) is 12.0. The quantitative estimate of drug-likeness (QED) is 0.204. The van der Waals surface area contributed by atoms with Gasteiger partial charge in [0.05, 0.1) is 22.9 Å². The SMILES string of the molecule is CC1c2ccccc2-c2cc(-c3ccc4c(c3)c3cc(-c5ccccc5)cc(-c5ccccc5)c3n4-c3cccnc3)ccc21. The van der Waals surface area contributed by atoms with Crippen LogP contribution in [0, 0.1) is 0 Å². The lowest BCUT2D eigenvalue weighted by Gasteiger charge is -2.13. The largest absolute Gasteiger partial charge is 0.307 e. The van der Waals surface area contributed by atoms with E-state index in [2.05, 4.69) is 156 Å². The minimum absolute atomic E-state index is 0.415. The maximum absolute atomic E-state index is 4.52. The second kappa shape index (κ2) is 10.2. The number of benzene rings is 6. The van der Waals surface area contributed by atoms with E-state index in [-0.39, 0.29) is 0 Å². The maximum Gasteiger partial charge on any atom is 0.0645 e. The zero-order valence-electron chi connectivity index (χ0n) is 25.0. The van der Waals surface area contributed by atoms with Crippen LogP contribution in [0.4, 0.5) is 0 Å². The Labute approximate surface area is 262 Å². The summed E-state index contributed by atoms with van der Waals surface area (Å²) in [5, 5.41) is 2.46. The van der Waals surface area contributed by atoms with Crippen molar-refractivity contribution < 1.29 is 0 Å². The van der Waals surface area contributed by atoms with Crippen LogP contribution in [-0.4, -0.2) is 9.55 Å². The average molecular weight is 575 g/mol. The molecule has 0 radical (unpaired) electrons. The molecule has 8 aromatic rings. The molecule has 0 spiro atoms. The molecule has 1 atom stereocenters. The third-order valence-electron chi connectivity index (χ3n) is 9.53. The van der Waals surface area contributed by atoms with Crippen molar-refractivity contribution in [3.8, 4) is 50.2 Å². The lowest BCUT2D eigenvalue weighted by molar-refractivity contribution is 0.957. The van der Waals surface area contributed by atoms with Crippen LogP contribution in [0.5, 0.6) is 0 Å². The van der Waals surface area contributed by atoms with Gasteiger partial charge in [-0.25, -0.2) is 0 Å². The van der Waals surface area contributed by atoms with Gasteiger partial charge < -0.3 is 4.57 Å². The fraction of sp³-hybridized carbons (Fsp3) is 0.0465. The van der Waals surface area contributed by atoms with Crippen LogP contribution in [-0.2, 0) is 0 Å². The zero-order chi connectivity index (χ0) is 29.9. The highest BCUT2D eigenvalue weighted by atomic mass is 15.0. The molecule has 9 rings (SSSR count). The number of hydrogen-bond acceptors (Lipinski definition) is 1. The molecule has 45 heavy (non-hydrogen) atoms. The van der Waals surface area contributed by atoms with Gasteiger partial charge in [0.2, 0.25) is 0 Å². The van der Waals surface area contributed by atoms with E-state index in [4.69, 9.17) is 0 Å². The summed E-state index contributed by atoms with van der Waals surface area (Å²) in [6.07, 6.45) is 3.81. The number of hydrogen-bond donors (Lipinski definition) is 0. The molecule has 2 nitrogen and oxygen atoms in total. The second-order valence-electron chi connectivity index (χ2n) is 12.0. The minimum atomic E-state index is 0.415. The molecular formula is C43H30N2. The molecule has 2 aromatic heterocycles. The van der Waals surface area contributed by atoms with Crippen molar-refractivity contribution in [2.75, 3.05) is 0 Å². The molecule has 0 saturated heterocycles. The van der Waals surface area contributed by atoms with E-state index < -0.39 is 0 Å². The number of aromatic nitrogens is 2. The Balaban J connectivity index is 1.34. The van der Waals surface area contributed by atoms with Gasteiger partial charge in [-0.2, -0.15) is 0 Å². The highest BCUT2D eigenvalue weighted by molar-refractivity contribution is 6.16. The Morgan fingerprint density at radius 3 is 1.96 bits per heavy atom. The van der Waals surface area contributed by atoms with E-state index in [0.29, 0.717) is 5.92 Å². The Bertz CT molecular complexity index is 2370. The van der Waals surface area contributed by atoms with Gasteiger partial charge in [-0.15, -0.1) is 0 Å². The predicted octanol–water partition coefficient (Wildman–Crippen LogP) is 11.3. The van der Waals surface area contributed by atoms with E-state index in [1.54, 1.807) is 0 Å². The van der Waals surface area contributed by atoms with Crippen molar-refractivity contribution in [2.45, 2.75) is 12.8 Å². The highest BCUT2D eigenvalue weighted by Crippen LogP contribution is 2.47. The van der Waals surface area contributed by atoms with Crippen molar-refractivity contribution in [1.82, 2.24) is 9.55 Å². The van der Waals surface area contributed by atoms with Crippen LogP contribution >= 0.6 is 0 Å². The molecule has 0 fully saturated rings. The van der Waals surface area contributed by atoms with E-state index in [0.717, 1.165) is 5.69 Å². The van der Waals surface area contributed by atoms with Crippen LogP contribution in [0.25, 0.3) is 72.0 Å². The third-order valence-corrected chi connectivity index (χ3v) is 9.53. The first-order chi connectivity index (χ1) is 22.2. The molecule has 0 bridgehead atoms. The molecule has 2 heterocycles. The molecule has 0 N–H and O–H groups in total. The summed E-state index contributed by atoms with van der Waals surface area (Å²) in [5.74, 6) is 0.415. The van der Waals surface area contributed by atoms with E-state index >= 15 is 0 Å². The smallest absolute Gasteiger partial charge is 0.0645 e. The molecule has 0 saturated carbocycles. The molecule has 1 aliphatic carbocycles. The zero-order valence-corrected chi connectivity index (χ0v) is 25.0. The number of nitrogens with zero attached hydrogens (tertiary/aromatic N) is 2. The first-order valence-corrected chi connectivity index (χ1v) is 15.6. The van der Waals surface area contributed by atoms with Crippen LogP contribution < -0.4 is 0 Å². The van der Waals surface area contributed by atoms with Gasteiger partial charge in [-0.05, 0) is 92.5 Å². The van der Waals surface area contributed by atoms with Crippen molar-refractivity contribution in [2.24, 2.45) is 0 Å². The summed E-state index contributed by atoms with van der Waals surface area (Å²) < 4.78 is 2.39. The summed E-state index contributed by atoms with van der Waals surface area (Å²) >= 11 is 0. The summed E-state index contributed by atoms with van der Waals surface area (Å²) in [5.41, 5.74) is 16.2. The Hall–Kier alpha value is -5.73. The van der Waals surface area contributed by atoms with Gasteiger partial charge >= 0.3 is 0 Å². The van der Waals surface area contributed by atoms with Crippen molar-refractivity contribution in [1.29, 1.82) is 0 Å². The van der Waals surface area contributed by atoms with E-state index in [1.165, 1.54) is 77.4 Å². The number of pyridine rings is 1. The monoisotopic (exact) mass is 574 g/mol. The topological polar surface area (TPSA) is 17.8 Å². The molecule has 2 heteroatoms. The van der Waals surface area contributed by atoms with Crippen molar-refractivity contribution in [3.05, 3.63) is 169 Å². The number of fused-ring (bicyclic) bond motifs is 6. The number of rotatable bonds is 4. The molecule has 1 aliphatic rings. The van der Waals surface area contributed by atoms with Crippen LogP contribution in [0.2, 0.25) is 0 Å². The Morgan fingerprint density at radius 1 is 0.489 bits per heavy atom. The molecular weight excluding hydrogens is 544 g/mol.